The SMILES string of the molecule is Cc1cc([N+](=O)[O-])ccc1NC(=O)CSc1nc2ccccc2c(=O)n1CCCc1ccccc1. The molecular weight excluding hydrogens is 464 g/mol. The molecule has 0 aliphatic carbocycles. The molecule has 0 atom stereocenters. The van der Waals surface area contributed by atoms with Crippen LogP contribution in [0.2, 0.25) is 0 Å². The molecule has 0 aliphatic rings. The minimum absolute atomic E-state index is 0.0326. The van der Waals surface area contributed by atoms with Gasteiger partial charge in [0, 0.05) is 24.4 Å². The Balaban J connectivity index is 1.50. The lowest BCUT2D eigenvalue weighted by Gasteiger charge is -2.13. The molecule has 1 N–H and O–H groups in total. The Morgan fingerprint density at radius 3 is 2.57 bits per heavy atom. The first-order valence-corrected chi connectivity index (χ1v) is 12.1. The fourth-order valence-corrected chi connectivity index (χ4v) is 4.58. The number of hydrogen-bond acceptors (Lipinski definition) is 6. The van der Waals surface area contributed by atoms with E-state index in [1.807, 2.05) is 30.3 Å². The summed E-state index contributed by atoms with van der Waals surface area (Å²) in [5.74, 6) is -0.245. The third-order valence-electron chi connectivity index (χ3n) is 5.54. The van der Waals surface area contributed by atoms with E-state index in [0.29, 0.717) is 33.9 Å². The molecule has 0 unspecified atom stereocenters. The van der Waals surface area contributed by atoms with E-state index >= 15 is 0 Å². The maximum Gasteiger partial charge on any atom is 0.269 e. The number of nitrogens with one attached hydrogen (secondary N) is 1. The van der Waals surface area contributed by atoms with E-state index in [4.69, 9.17) is 0 Å². The van der Waals surface area contributed by atoms with Gasteiger partial charge >= 0.3 is 0 Å². The normalized spacial score (nSPS) is 10.9. The molecule has 3 aromatic carbocycles. The topological polar surface area (TPSA) is 107 Å². The highest BCUT2D eigenvalue weighted by molar-refractivity contribution is 7.99. The Labute approximate surface area is 206 Å². The average molecular weight is 489 g/mol. The van der Waals surface area contributed by atoms with Crippen molar-refractivity contribution in [2.24, 2.45) is 0 Å². The lowest BCUT2D eigenvalue weighted by Crippen LogP contribution is -2.24. The maximum atomic E-state index is 13.2. The van der Waals surface area contributed by atoms with Gasteiger partial charge in [0.1, 0.15) is 0 Å². The minimum Gasteiger partial charge on any atom is -0.325 e. The molecule has 4 rings (SSSR count). The van der Waals surface area contributed by atoms with Gasteiger partial charge in [0.05, 0.1) is 21.6 Å². The number of anilines is 1. The van der Waals surface area contributed by atoms with Crippen LogP contribution in [0.1, 0.15) is 17.5 Å². The van der Waals surface area contributed by atoms with Crippen LogP contribution in [0.5, 0.6) is 0 Å². The predicted molar refractivity (Wildman–Crippen MR) is 138 cm³/mol. The van der Waals surface area contributed by atoms with Crippen molar-refractivity contribution in [2.45, 2.75) is 31.5 Å². The van der Waals surface area contributed by atoms with Gasteiger partial charge < -0.3 is 5.32 Å². The van der Waals surface area contributed by atoms with Crippen LogP contribution in [0.4, 0.5) is 11.4 Å². The van der Waals surface area contributed by atoms with Gasteiger partial charge in [-0.05, 0) is 49.1 Å². The zero-order valence-electron chi connectivity index (χ0n) is 19.1. The van der Waals surface area contributed by atoms with Crippen LogP contribution in [0, 0.1) is 17.0 Å². The minimum atomic E-state index is -0.475. The first-order chi connectivity index (χ1) is 16.9. The number of hydrogen-bond donors (Lipinski definition) is 1. The molecule has 35 heavy (non-hydrogen) atoms. The molecule has 0 saturated heterocycles. The standard InChI is InChI=1S/C26H24N4O4S/c1-18-16-20(30(33)34)13-14-22(18)27-24(31)17-35-26-28-23-12-6-5-11-21(23)25(32)29(26)15-7-10-19-8-3-2-4-9-19/h2-6,8-9,11-14,16H,7,10,15,17H2,1H3,(H,27,31). The molecule has 4 aromatic rings. The Hall–Kier alpha value is -3.98. The van der Waals surface area contributed by atoms with E-state index in [-0.39, 0.29) is 22.9 Å². The fourth-order valence-electron chi connectivity index (χ4n) is 3.76. The van der Waals surface area contributed by atoms with Gasteiger partial charge in [0.15, 0.2) is 5.16 Å². The molecule has 0 aliphatic heterocycles. The van der Waals surface area contributed by atoms with Crippen molar-refractivity contribution in [1.29, 1.82) is 0 Å². The number of rotatable bonds is 9. The molecule has 9 heteroatoms. The van der Waals surface area contributed by atoms with Crippen LogP contribution in [0.3, 0.4) is 0 Å². The lowest BCUT2D eigenvalue weighted by atomic mass is 10.1. The van der Waals surface area contributed by atoms with Crippen molar-refractivity contribution in [1.82, 2.24) is 9.55 Å². The van der Waals surface area contributed by atoms with E-state index in [1.54, 1.807) is 23.6 Å². The molecule has 0 spiro atoms. The fraction of sp³-hybridized carbons (Fsp3) is 0.192. The number of thioether (sulfide) groups is 1. The highest BCUT2D eigenvalue weighted by Gasteiger charge is 2.15. The maximum absolute atomic E-state index is 13.2. The van der Waals surface area contributed by atoms with Crippen molar-refractivity contribution in [2.75, 3.05) is 11.1 Å². The number of benzene rings is 3. The Kier molecular flexibility index (Phi) is 7.57. The highest BCUT2D eigenvalue weighted by Crippen LogP contribution is 2.23. The first-order valence-electron chi connectivity index (χ1n) is 11.1. The number of para-hydroxylation sites is 1. The summed E-state index contributed by atoms with van der Waals surface area (Å²) in [5, 5.41) is 14.7. The van der Waals surface area contributed by atoms with Crippen molar-refractivity contribution in [3.05, 3.63) is 104 Å². The van der Waals surface area contributed by atoms with E-state index in [9.17, 15) is 19.7 Å². The number of nitrogens with zero attached hydrogens (tertiary/aromatic N) is 3. The van der Waals surface area contributed by atoms with Crippen LogP contribution < -0.4 is 10.9 Å². The van der Waals surface area contributed by atoms with Crippen LogP contribution in [0.15, 0.2) is 82.7 Å². The van der Waals surface area contributed by atoms with E-state index in [1.165, 1.54) is 35.5 Å². The van der Waals surface area contributed by atoms with Crippen LogP contribution in [-0.4, -0.2) is 26.1 Å². The summed E-state index contributed by atoms with van der Waals surface area (Å²) < 4.78 is 1.64. The number of nitro groups is 1. The van der Waals surface area contributed by atoms with Gasteiger partial charge in [-0.15, -0.1) is 0 Å². The Morgan fingerprint density at radius 2 is 1.83 bits per heavy atom. The third kappa shape index (κ3) is 5.93. The zero-order valence-corrected chi connectivity index (χ0v) is 20.0. The summed E-state index contributed by atoms with van der Waals surface area (Å²) in [4.78, 5) is 41.0. The zero-order chi connectivity index (χ0) is 24.8. The Bertz CT molecular complexity index is 1440. The summed E-state index contributed by atoms with van der Waals surface area (Å²) in [6.45, 7) is 2.18. The molecule has 8 nitrogen and oxygen atoms in total. The lowest BCUT2D eigenvalue weighted by molar-refractivity contribution is -0.384. The number of aromatic nitrogens is 2. The Morgan fingerprint density at radius 1 is 1.09 bits per heavy atom. The van der Waals surface area contributed by atoms with Gasteiger partial charge in [0.2, 0.25) is 5.91 Å². The molecule has 1 aromatic heterocycles. The largest absolute Gasteiger partial charge is 0.325 e. The van der Waals surface area contributed by atoms with Gasteiger partial charge in [-0.1, -0.05) is 54.2 Å². The number of fused-ring (bicyclic) bond motifs is 1. The van der Waals surface area contributed by atoms with Crippen molar-refractivity contribution in [3.63, 3.8) is 0 Å². The van der Waals surface area contributed by atoms with Crippen molar-refractivity contribution >= 4 is 39.9 Å². The second kappa shape index (κ2) is 11.0. The summed E-state index contributed by atoms with van der Waals surface area (Å²) in [7, 11) is 0. The third-order valence-corrected chi connectivity index (χ3v) is 6.52. The van der Waals surface area contributed by atoms with Crippen LogP contribution >= 0.6 is 11.8 Å². The average Bonchev–Trinajstić information content (AvgIpc) is 2.86. The summed E-state index contributed by atoms with van der Waals surface area (Å²) in [5.41, 5.74) is 2.73. The van der Waals surface area contributed by atoms with Gasteiger partial charge in [-0.3, -0.25) is 24.3 Å². The predicted octanol–water partition coefficient (Wildman–Crippen LogP) is 4.98. The molecule has 0 saturated carbocycles. The summed E-state index contributed by atoms with van der Waals surface area (Å²) in [6, 6.07) is 21.5. The molecule has 178 valence electrons. The van der Waals surface area contributed by atoms with Crippen molar-refractivity contribution in [3.8, 4) is 0 Å². The summed E-state index contributed by atoms with van der Waals surface area (Å²) in [6.07, 6.45) is 1.58. The number of amides is 1. The first kappa shape index (κ1) is 24.2. The molecule has 0 bridgehead atoms. The van der Waals surface area contributed by atoms with Gasteiger partial charge in [-0.2, -0.15) is 0 Å². The van der Waals surface area contributed by atoms with E-state index in [0.717, 1.165) is 12.8 Å². The monoisotopic (exact) mass is 488 g/mol. The van der Waals surface area contributed by atoms with Gasteiger partial charge in [0.25, 0.3) is 11.2 Å². The molecule has 0 fully saturated rings. The molecule has 0 radical (unpaired) electrons. The molecule has 1 amide bonds. The quantitative estimate of drug-likeness (QED) is 0.154. The molecular formula is C26H24N4O4S. The summed E-state index contributed by atoms with van der Waals surface area (Å²) >= 11 is 1.20. The van der Waals surface area contributed by atoms with E-state index < -0.39 is 4.92 Å². The number of nitro benzene ring substituents is 1. The van der Waals surface area contributed by atoms with E-state index in [2.05, 4.69) is 22.4 Å². The number of carbonyl (C=O) groups is 1. The van der Waals surface area contributed by atoms with Crippen LogP contribution in [-0.2, 0) is 17.8 Å². The number of aryl methyl sites for hydroxylation is 2. The molecule has 1 heterocycles. The van der Waals surface area contributed by atoms with Gasteiger partial charge in [-0.25, -0.2) is 4.98 Å². The van der Waals surface area contributed by atoms with Crippen LogP contribution in [0.25, 0.3) is 10.9 Å². The second-order valence-corrected chi connectivity index (χ2v) is 8.99. The van der Waals surface area contributed by atoms with Crippen molar-refractivity contribution < 1.29 is 9.72 Å². The highest BCUT2D eigenvalue weighted by atomic mass is 32.2. The smallest absolute Gasteiger partial charge is 0.269 e. The second-order valence-electron chi connectivity index (χ2n) is 8.05. The number of carbonyl (C=O) groups excluding carboxylic acids is 1. The number of non-ortho nitro benzene ring substituents is 1.